The monoisotopic (exact) mass is 874 g/mol. The normalized spacial score (nSPS) is 14.5. The molecule has 2 aliphatic rings. The van der Waals surface area contributed by atoms with Crippen LogP contribution in [-0.4, -0.2) is 4.57 Å². The summed E-state index contributed by atoms with van der Waals surface area (Å²) in [5.41, 5.74) is 20.8. The van der Waals surface area contributed by atoms with Crippen molar-refractivity contribution < 1.29 is 8.83 Å². The summed E-state index contributed by atoms with van der Waals surface area (Å²) in [6.07, 6.45) is 5.67. The van der Waals surface area contributed by atoms with Crippen LogP contribution in [0.5, 0.6) is 0 Å². The number of benzene rings is 9. The van der Waals surface area contributed by atoms with Gasteiger partial charge in [-0.3, -0.25) is 0 Å². The third-order valence-corrected chi connectivity index (χ3v) is 14.8. The van der Waals surface area contributed by atoms with Crippen molar-refractivity contribution in [1.29, 1.82) is 0 Å². The van der Waals surface area contributed by atoms with Crippen molar-refractivity contribution in [2.24, 2.45) is 5.92 Å². The van der Waals surface area contributed by atoms with Gasteiger partial charge in [0.05, 0.1) is 22.1 Å². The fourth-order valence-electron chi connectivity index (χ4n) is 11.6. The maximum atomic E-state index is 7.39. The number of nitrogens with zero attached hydrogens (tertiary/aromatic N) is 2. The first kappa shape index (κ1) is 38.9. The van der Waals surface area contributed by atoms with E-state index in [1.54, 1.807) is 0 Å². The zero-order chi connectivity index (χ0) is 45.2. The molecule has 4 nitrogen and oxygen atoms in total. The highest BCUT2D eigenvalue weighted by Gasteiger charge is 2.34. The second-order valence-corrected chi connectivity index (χ2v) is 19.0. The Labute approximate surface area is 394 Å². The quantitative estimate of drug-likeness (QED) is 0.173. The van der Waals surface area contributed by atoms with Crippen molar-refractivity contribution >= 4 is 93.9 Å². The van der Waals surface area contributed by atoms with Crippen LogP contribution in [0.1, 0.15) is 49.8 Å². The number of furan rings is 2. The SMILES string of the molecule is CC1CC=CC2=C1c1ccccc1-c1cc(N(c3ccc(C(C)C)cc3)c3ccc4c(c3)c3ccccc3n4-c3ccccc3)c3c(oc4ccccc43)c1-c1c2ccc2c1oc1ccccc12. The van der Waals surface area contributed by atoms with E-state index in [4.69, 9.17) is 8.83 Å². The molecule has 12 aromatic rings. The molecule has 0 amide bonds. The van der Waals surface area contributed by atoms with E-state index in [1.165, 1.54) is 44.1 Å². The van der Waals surface area contributed by atoms with Crippen molar-refractivity contribution in [2.45, 2.75) is 33.1 Å². The summed E-state index contributed by atoms with van der Waals surface area (Å²) >= 11 is 0. The lowest BCUT2D eigenvalue weighted by atomic mass is 9.74. The first-order valence-electron chi connectivity index (χ1n) is 23.9. The molecule has 4 heteroatoms. The van der Waals surface area contributed by atoms with Crippen molar-refractivity contribution in [2.75, 3.05) is 4.90 Å². The van der Waals surface area contributed by atoms with Crippen molar-refractivity contribution in [3.8, 4) is 27.9 Å². The molecule has 0 aliphatic heterocycles. The molecule has 3 aromatic heterocycles. The highest BCUT2D eigenvalue weighted by molar-refractivity contribution is 6.25. The Bertz CT molecular complexity index is 4100. The molecule has 0 saturated carbocycles. The van der Waals surface area contributed by atoms with Gasteiger partial charge in [-0.05, 0) is 130 Å². The molecule has 0 fully saturated rings. The summed E-state index contributed by atoms with van der Waals surface area (Å²) in [6.45, 7) is 6.90. The zero-order valence-electron chi connectivity index (χ0n) is 38.1. The lowest BCUT2D eigenvalue weighted by Gasteiger charge is -2.31. The fraction of sp³-hybridized carbons (Fsp3) is 0.0938. The Morgan fingerprint density at radius 3 is 1.97 bits per heavy atom. The van der Waals surface area contributed by atoms with E-state index in [0.29, 0.717) is 11.8 Å². The number of hydrogen-bond acceptors (Lipinski definition) is 3. The van der Waals surface area contributed by atoms with E-state index in [0.717, 1.165) is 101 Å². The second-order valence-electron chi connectivity index (χ2n) is 19.0. The summed E-state index contributed by atoms with van der Waals surface area (Å²) in [5.74, 6) is 0.689. The third kappa shape index (κ3) is 5.61. The summed E-state index contributed by atoms with van der Waals surface area (Å²) in [7, 11) is 0. The molecule has 68 heavy (non-hydrogen) atoms. The second kappa shape index (κ2) is 14.8. The first-order chi connectivity index (χ1) is 33.5. The Morgan fingerprint density at radius 1 is 0.515 bits per heavy atom. The minimum Gasteiger partial charge on any atom is -0.455 e. The van der Waals surface area contributed by atoms with Crippen molar-refractivity contribution in [1.82, 2.24) is 4.57 Å². The molecule has 0 N–H and O–H groups in total. The minimum atomic E-state index is 0.298. The summed E-state index contributed by atoms with van der Waals surface area (Å²) in [5, 5.41) is 6.71. The number of fused-ring (bicyclic) bond motifs is 18. The smallest absolute Gasteiger partial charge is 0.146 e. The standard InChI is InChI=1S/C64H46N2O2/c1-38(2)40-28-30-42(31-29-40)65(43-32-35-55-52(36-43)45-20-9-12-25-54(45)66(55)41-17-5-4-6-18-41)56-37-53-44-19-7-8-22-47(44)59-39(3)16-15-24-48(59)49-33-34-50-46-21-10-13-26-57(46)67-63(50)61(49)62(53)64-60(56)51-23-11-14-27-58(51)68-64/h4-15,17-39H,16H2,1-3H3. The predicted octanol–water partition coefficient (Wildman–Crippen LogP) is 18.3. The van der Waals surface area contributed by atoms with Gasteiger partial charge in [-0.2, -0.15) is 0 Å². The van der Waals surface area contributed by atoms with Crippen LogP contribution >= 0.6 is 0 Å². The Balaban J connectivity index is 1.15. The number of para-hydroxylation sites is 4. The summed E-state index contributed by atoms with van der Waals surface area (Å²) in [4.78, 5) is 2.48. The highest BCUT2D eigenvalue weighted by atomic mass is 16.3. The van der Waals surface area contributed by atoms with E-state index < -0.39 is 0 Å². The number of anilines is 3. The average molecular weight is 875 g/mol. The van der Waals surface area contributed by atoms with Crippen LogP contribution in [0.2, 0.25) is 0 Å². The number of aromatic nitrogens is 1. The lowest BCUT2D eigenvalue weighted by molar-refractivity contribution is 0.665. The molecule has 9 aromatic carbocycles. The Morgan fingerprint density at radius 2 is 1.16 bits per heavy atom. The van der Waals surface area contributed by atoms with E-state index in [9.17, 15) is 0 Å². The van der Waals surface area contributed by atoms with E-state index >= 15 is 0 Å². The molecule has 14 rings (SSSR count). The largest absolute Gasteiger partial charge is 0.455 e. The number of allylic oxidation sites excluding steroid dienone is 4. The maximum absolute atomic E-state index is 7.39. The molecule has 2 aliphatic carbocycles. The van der Waals surface area contributed by atoms with Gasteiger partial charge < -0.3 is 18.3 Å². The minimum absolute atomic E-state index is 0.298. The van der Waals surface area contributed by atoms with Crippen molar-refractivity contribution in [3.05, 3.63) is 217 Å². The van der Waals surface area contributed by atoms with Gasteiger partial charge in [0.1, 0.15) is 22.3 Å². The first-order valence-corrected chi connectivity index (χ1v) is 23.9. The third-order valence-electron chi connectivity index (χ3n) is 14.8. The van der Waals surface area contributed by atoms with Gasteiger partial charge in [0.15, 0.2) is 0 Å². The molecular formula is C64H46N2O2. The van der Waals surface area contributed by atoms with Crippen molar-refractivity contribution in [3.63, 3.8) is 0 Å². The van der Waals surface area contributed by atoms with Crippen LogP contribution in [0.25, 0.3) is 105 Å². The van der Waals surface area contributed by atoms with Crippen LogP contribution in [0.15, 0.2) is 209 Å². The molecule has 1 unspecified atom stereocenters. The van der Waals surface area contributed by atoms with Gasteiger partial charge in [-0.25, -0.2) is 0 Å². The lowest BCUT2D eigenvalue weighted by Crippen LogP contribution is -2.12. The number of rotatable bonds is 5. The van der Waals surface area contributed by atoms with Crippen LogP contribution in [0.3, 0.4) is 0 Å². The molecule has 0 spiro atoms. The molecule has 0 saturated heterocycles. The maximum Gasteiger partial charge on any atom is 0.146 e. The predicted molar refractivity (Wildman–Crippen MR) is 285 cm³/mol. The molecule has 3 heterocycles. The highest BCUT2D eigenvalue weighted by Crippen LogP contribution is 2.57. The van der Waals surface area contributed by atoms with Crippen LogP contribution in [0.4, 0.5) is 17.1 Å². The van der Waals surface area contributed by atoms with Gasteiger partial charge in [0.25, 0.3) is 0 Å². The Kier molecular flexibility index (Phi) is 8.48. The zero-order valence-corrected chi connectivity index (χ0v) is 38.1. The van der Waals surface area contributed by atoms with Gasteiger partial charge in [0, 0.05) is 55.1 Å². The topological polar surface area (TPSA) is 34.5 Å². The van der Waals surface area contributed by atoms with Crippen LogP contribution in [-0.2, 0) is 0 Å². The van der Waals surface area contributed by atoms with Gasteiger partial charge in [-0.1, -0.05) is 148 Å². The van der Waals surface area contributed by atoms with Gasteiger partial charge in [0.2, 0.25) is 0 Å². The van der Waals surface area contributed by atoms with E-state index in [1.807, 2.05) is 0 Å². The van der Waals surface area contributed by atoms with Crippen LogP contribution < -0.4 is 4.90 Å². The summed E-state index contributed by atoms with van der Waals surface area (Å²) < 4.78 is 16.9. The molecule has 0 radical (unpaired) electrons. The Hall–Kier alpha value is -8.34. The van der Waals surface area contributed by atoms with Gasteiger partial charge >= 0.3 is 0 Å². The molecule has 0 bridgehead atoms. The molecular weight excluding hydrogens is 829 g/mol. The van der Waals surface area contributed by atoms with Crippen LogP contribution in [0, 0.1) is 5.92 Å². The fourth-order valence-corrected chi connectivity index (χ4v) is 11.6. The summed E-state index contributed by atoms with van der Waals surface area (Å²) in [6, 6.07) is 68.8. The van der Waals surface area contributed by atoms with E-state index in [-0.39, 0.29) is 0 Å². The average Bonchev–Trinajstić information content (AvgIpc) is 4.06. The molecule has 324 valence electrons. The molecule has 1 atom stereocenters. The number of hydrogen-bond donors (Lipinski definition) is 0. The van der Waals surface area contributed by atoms with E-state index in [2.05, 4.69) is 230 Å². The van der Waals surface area contributed by atoms with Gasteiger partial charge in [-0.15, -0.1) is 0 Å².